The maximum atomic E-state index is 13.3. The second-order valence-corrected chi connectivity index (χ2v) is 3.05. The van der Waals surface area contributed by atoms with E-state index in [1.807, 2.05) is 0 Å². The molecule has 0 saturated heterocycles. The Kier molecular flexibility index (Phi) is 4.21. The molecule has 90 valence electrons. The molecule has 0 heterocycles. The lowest BCUT2D eigenvalue weighted by atomic mass is 10.2. The molecule has 3 N–H and O–H groups in total. The van der Waals surface area contributed by atoms with Crippen LogP contribution in [0.1, 0.15) is 0 Å². The third-order valence-corrected chi connectivity index (χ3v) is 1.87. The minimum atomic E-state index is -0.890. The highest BCUT2D eigenvalue weighted by atomic mass is 19.1. The normalized spacial score (nSPS) is 10.8. The van der Waals surface area contributed by atoms with Crippen LogP contribution in [0, 0.1) is 5.82 Å². The number of carbonyl (C=O) groups is 2. The van der Waals surface area contributed by atoms with E-state index >= 15 is 0 Å². The van der Waals surface area contributed by atoms with E-state index in [1.54, 1.807) is 6.07 Å². The summed E-state index contributed by atoms with van der Waals surface area (Å²) in [5.41, 5.74) is 4.83. The van der Waals surface area contributed by atoms with Crippen LogP contribution < -0.4 is 11.1 Å². The Morgan fingerprint density at radius 2 is 2.06 bits per heavy atom. The van der Waals surface area contributed by atoms with Gasteiger partial charge < -0.3 is 15.8 Å². The highest BCUT2D eigenvalue weighted by Gasteiger charge is 2.10. The van der Waals surface area contributed by atoms with Gasteiger partial charge in [-0.25, -0.2) is 9.18 Å². The van der Waals surface area contributed by atoms with Crippen molar-refractivity contribution in [3.63, 3.8) is 0 Å². The summed E-state index contributed by atoms with van der Waals surface area (Å²) in [5.74, 6) is -2.22. The Balaban J connectivity index is 2.96. The van der Waals surface area contributed by atoms with Gasteiger partial charge in [-0.1, -0.05) is 12.1 Å². The van der Waals surface area contributed by atoms with Crippen LogP contribution in [0.2, 0.25) is 0 Å². The molecule has 6 heteroatoms. The van der Waals surface area contributed by atoms with Gasteiger partial charge in [-0.15, -0.1) is 0 Å². The van der Waals surface area contributed by atoms with E-state index in [1.165, 1.54) is 18.2 Å². The Morgan fingerprint density at radius 1 is 1.41 bits per heavy atom. The maximum absolute atomic E-state index is 13.3. The molecule has 17 heavy (non-hydrogen) atoms. The summed E-state index contributed by atoms with van der Waals surface area (Å²) in [7, 11) is 1.15. The van der Waals surface area contributed by atoms with Crippen molar-refractivity contribution in [2.24, 2.45) is 5.73 Å². The molecule has 0 aromatic heterocycles. The largest absolute Gasteiger partial charge is 0.466 e. The van der Waals surface area contributed by atoms with Gasteiger partial charge >= 0.3 is 5.97 Å². The van der Waals surface area contributed by atoms with Gasteiger partial charge in [0.2, 0.25) is 0 Å². The lowest BCUT2D eigenvalue weighted by Gasteiger charge is -2.08. The van der Waals surface area contributed by atoms with Crippen LogP contribution in [0.4, 0.5) is 10.1 Å². The van der Waals surface area contributed by atoms with Crippen LogP contribution >= 0.6 is 0 Å². The number of nitrogens with one attached hydrogen (secondary N) is 1. The van der Waals surface area contributed by atoms with E-state index < -0.39 is 17.7 Å². The quantitative estimate of drug-likeness (QED) is 0.600. The van der Waals surface area contributed by atoms with Crippen molar-refractivity contribution >= 4 is 17.6 Å². The number of halogens is 1. The number of methoxy groups -OCH3 is 1. The third kappa shape index (κ3) is 3.60. The Labute approximate surface area is 97.1 Å². The monoisotopic (exact) mass is 238 g/mol. The fourth-order valence-corrected chi connectivity index (χ4v) is 1.05. The summed E-state index contributed by atoms with van der Waals surface area (Å²) >= 11 is 0. The van der Waals surface area contributed by atoms with E-state index in [0.717, 1.165) is 13.2 Å². The smallest absolute Gasteiger partial charge is 0.332 e. The van der Waals surface area contributed by atoms with Crippen molar-refractivity contribution in [2.45, 2.75) is 0 Å². The van der Waals surface area contributed by atoms with Gasteiger partial charge in [0, 0.05) is 0 Å². The number of hydrogen-bond donors (Lipinski definition) is 2. The van der Waals surface area contributed by atoms with Crippen molar-refractivity contribution in [2.75, 3.05) is 12.4 Å². The molecular formula is C11H11FN2O3. The highest BCUT2D eigenvalue weighted by molar-refractivity contribution is 6.00. The van der Waals surface area contributed by atoms with Gasteiger partial charge in [0.25, 0.3) is 5.91 Å². The van der Waals surface area contributed by atoms with Gasteiger partial charge in [0.05, 0.1) is 18.9 Å². The van der Waals surface area contributed by atoms with E-state index in [4.69, 9.17) is 5.73 Å². The van der Waals surface area contributed by atoms with Crippen molar-refractivity contribution in [1.29, 1.82) is 0 Å². The summed E-state index contributed by atoms with van der Waals surface area (Å²) in [6.45, 7) is 0. The zero-order chi connectivity index (χ0) is 12.8. The number of amides is 1. The molecule has 0 aliphatic heterocycles. The first-order valence-electron chi connectivity index (χ1n) is 4.65. The van der Waals surface area contributed by atoms with Gasteiger partial charge in [-0.05, 0) is 12.1 Å². The fourth-order valence-electron chi connectivity index (χ4n) is 1.05. The van der Waals surface area contributed by atoms with Crippen LogP contribution in [0.25, 0.3) is 0 Å². The fraction of sp³-hybridized carbons (Fsp3) is 0.0909. The van der Waals surface area contributed by atoms with Gasteiger partial charge in [-0.2, -0.15) is 0 Å². The molecule has 5 nitrogen and oxygen atoms in total. The van der Waals surface area contributed by atoms with Crippen molar-refractivity contribution < 1.29 is 18.7 Å². The van der Waals surface area contributed by atoms with Gasteiger partial charge in [0.15, 0.2) is 0 Å². The average Bonchev–Trinajstić information content (AvgIpc) is 2.30. The van der Waals surface area contributed by atoms with Crippen molar-refractivity contribution in [1.82, 2.24) is 0 Å². The standard InChI is InChI=1S/C11H11FN2O3/c1-17-10(15)6-9(11(13)16)14-8-5-3-2-4-7(8)12/h2-6,14H,1H3,(H2,13,16)/b9-6-. The molecule has 0 fully saturated rings. The molecule has 1 aromatic rings. The number of anilines is 1. The number of benzene rings is 1. The van der Waals surface area contributed by atoms with E-state index in [-0.39, 0.29) is 11.4 Å². The second-order valence-electron chi connectivity index (χ2n) is 3.05. The number of carbonyl (C=O) groups excluding carboxylic acids is 2. The molecule has 0 aliphatic rings. The van der Waals surface area contributed by atoms with Crippen LogP contribution in [-0.2, 0) is 14.3 Å². The lowest BCUT2D eigenvalue weighted by molar-refractivity contribution is -0.135. The topological polar surface area (TPSA) is 81.4 Å². The zero-order valence-corrected chi connectivity index (χ0v) is 9.07. The van der Waals surface area contributed by atoms with Gasteiger partial charge in [-0.3, -0.25) is 4.79 Å². The van der Waals surface area contributed by atoms with Crippen LogP contribution in [-0.4, -0.2) is 19.0 Å². The Hall–Kier alpha value is -2.37. The molecule has 0 atom stereocenters. The van der Waals surface area contributed by atoms with Crippen LogP contribution in [0.15, 0.2) is 36.0 Å². The number of para-hydroxylation sites is 1. The molecule has 1 aromatic carbocycles. The van der Waals surface area contributed by atoms with Crippen molar-refractivity contribution in [3.05, 3.63) is 41.9 Å². The summed E-state index contributed by atoms with van der Waals surface area (Å²) in [4.78, 5) is 22.0. The third-order valence-electron chi connectivity index (χ3n) is 1.87. The Morgan fingerprint density at radius 3 is 2.59 bits per heavy atom. The molecule has 0 aliphatic carbocycles. The highest BCUT2D eigenvalue weighted by Crippen LogP contribution is 2.14. The molecule has 1 rings (SSSR count). The molecule has 0 unspecified atom stereocenters. The lowest BCUT2D eigenvalue weighted by Crippen LogP contribution is -2.21. The summed E-state index contributed by atoms with van der Waals surface area (Å²) in [5, 5.41) is 2.42. The van der Waals surface area contributed by atoms with Crippen molar-refractivity contribution in [3.8, 4) is 0 Å². The Bertz CT molecular complexity index is 472. The number of hydrogen-bond acceptors (Lipinski definition) is 4. The van der Waals surface area contributed by atoms with E-state index in [9.17, 15) is 14.0 Å². The molecule has 1 amide bonds. The molecule has 0 radical (unpaired) electrons. The second kappa shape index (κ2) is 5.64. The number of primary amides is 1. The SMILES string of the molecule is COC(=O)/C=C(\Nc1ccccc1F)C(N)=O. The first-order valence-corrected chi connectivity index (χ1v) is 4.65. The van der Waals surface area contributed by atoms with E-state index in [0.29, 0.717) is 0 Å². The number of nitrogens with two attached hydrogens (primary N) is 1. The minimum absolute atomic E-state index is 0.0430. The summed E-state index contributed by atoms with van der Waals surface area (Å²) in [6, 6.07) is 5.68. The minimum Gasteiger partial charge on any atom is -0.466 e. The van der Waals surface area contributed by atoms with Gasteiger partial charge in [0.1, 0.15) is 11.5 Å². The number of esters is 1. The first-order chi connectivity index (χ1) is 8.04. The number of ether oxygens (including phenoxy) is 1. The number of rotatable bonds is 4. The summed E-state index contributed by atoms with van der Waals surface area (Å²) in [6.07, 6.45) is 0.856. The molecular weight excluding hydrogens is 227 g/mol. The molecule has 0 bridgehead atoms. The maximum Gasteiger partial charge on any atom is 0.332 e. The van der Waals surface area contributed by atoms with E-state index in [2.05, 4.69) is 10.1 Å². The molecule has 0 saturated carbocycles. The predicted octanol–water partition coefficient (Wildman–Crippen LogP) is 0.780. The predicted molar refractivity (Wildman–Crippen MR) is 59.3 cm³/mol. The van der Waals surface area contributed by atoms with Crippen LogP contribution in [0.5, 0.6) is 0 Å². The summed E-state index contributed by atoms with van der Waals surface area (Å²) < 4.78 is 17.6. The zero-order valence-electron chi connectivity index (χ0n) is 9.07. The van der Waals surface area contributed by atoms with Crippen LogP contribution in [0.3, 0.4) is 0 Å². The average molecular weight is 238 g/mol. The molecule has 0 spiro atoms. The first kappa shape index (κ1) is 12.7.